The molecule has 0 amide bonds. The van der Waals surface area contributed by atoms with Crippen LogP contribution in [-0.2, 0) is 4.79 Å². The average molecular weight is 401 g/mol. The van der Waals surface area contributed by atoms with E-state index in [9.17, 15) is 4.79 Å². The monoisotopic (exact) mass is 400 g/mol. The second kappa shape index (κ2) is 7.89. The molecule has 5 heteroatoms. The predicted molar refractivity (Wildman–Crippen MR) is 123 cm³/mol. The third-order valence-corrected chi connectivity index (χ3v) is 5.36. The van der Waals surface area contributed by atoms with Crippen LogP contribution in [0.3, 0.4) is 0 Å². The molecule has 0 aliphatic heterocycles. The van der Waals surface area contributed by atoms with Gasteiger partial charge < -0.3 is 9.73 Å². The molecule has 0 spiro atoms. The van der Waals surface area contributed by atoms with Crippen molar-refractivity contribution >= 4 is 56.8 Å². The summed E-state index contributed by atoms with van der Waals surface area (Å²) >= 11 is 5.50. The molecule has 0 fully saturated rings. The number of para-hydroxylation sites is 2. The molecule has 0 aliphatic carbocycles. The van der Waals surface area contributed by atoms with Crippen LogP contribution in [0.1, 0.15) is 12.5 Å². The van der Waals surface area contributed by atoms with Gasteiger partial charge in [-0.15, -0.1) is 0 Å². The Morgan fingerprint density at radius 3 is 2.38 bits per heavy atom. The quantitative estimate of drug-likeness (QED) is 0.277. The standard InChI is InChI=1S/C24H20N2O2S/c1-16(21(15-27)26(24(29)25-2)18-8-4-3-5-9-18)17-12-13-23-20(14-17)19-10-6-7-11-22(19)28-23/h3-15H,1-2H3,(H,25,29)/b21-16+. The second-order valence-corrected chi connectivity index (χ2v) is 7.05. The Bertz CT molecular complexity index is 1240. The van der Waals surface area contributed by atoms with Gasteiger partial charge in [0.1, 0.15) is 11.2 Å². The first-order chi connectivity index (χ1) is 14.1. The van der Waals surface area contributed by atoms with E-state index in [4.69, 9.17) is 16.6 Å². The van der Waals surface area contributed by atoms with Crippen molar-refractivity contribution in [3.05, 3.63) is 84.1 Å². The molecule has 29 heavy (non-hydrogen) atoms. The van der Waals surface area contributed by atoms with E-state index in [2.05, 4.69) is 11.4 Å². The van der Waals surface area contributed by atoms with Gasteiger partial charge in [0, 0.05) is 23.5 Å². The number of nitrogens with zero attached hydrogens (tertiary/aromatic N) is 1. The molecule has 0 atom stereocenters. The van der Waals surface area contributed by atoms with Crippen molar-refractivity contribution < 1.29 is 9.21 Å². The number of carbonyl (C=O) groups excluding carboxylic acids is 1. The Balaban J connectivity index is 1.89. The topological polar surface area (TPSA) is 45.5 Å². The molecule has 0 unspecified atom stereocenters. The predicted octanol–water partition coefficient (Wildman–Crippen LogP) is 5.53. The lowest BCUT2D eigenvalue weighted by Crippen LogP contribution is -2.38. The summed E-state index contributed by atoms with van der Waals surface area (Å²) in [6.45, 7) is 1.93. The van der Waals surface area contributed by atoms with Gasteiger partial charge in [-0.25, -0.2) is 0 Å². The fourth-order valence-corrected chi connectivity index (χ4v) is 3.67. The van der Waals surface area contributed by atoms with Gasteiger partial charge in [0.2, 0.25) is 0 Å². The lowest BCUT2D eigenvalue weighted by Gasteiger charge is -2.26. The van der Waals surface area contributed by atoms with Crippen molar-refractivity contribution in [2.75, 3.05) is 11.9 Å². The normalized spacial score (nSPS) is 11.9. The number of aldehydes is 1. The molecule has 144 valence electrons. The molecular weight excluding hydrogens is 380 g/mol. The molecule has 0 radical (unpaired) electrons. The molecule has 0 bridgehead atoms. The second-order valence-electron chi connectivity index (χ2n) is 6.66. The van der Waals surface area contributed by atoms with Crippen LogP contribution in [0, 0.1) is 0 Å². The first-order valence-electron chi connectivity index (χ1n) is 9.28. The highest BCUT2D eigenvalue weighted by Gasteiger charge is 2.19. The Morgan fingerprint density at radius 1 is 0.966 bits per heavy atom. The minimum Gasteiger partial charge on any atom is -0.456 e. The van der Waals surface area contributed by atoms with E-state index in [0.29, 0.717) is 10.8 Å². The zero-order valence-corrected chi connectivity index (χ0v) is 17.0. The number of furan rings is 1. The SMILES string of the molecule is CNC(=S)N(/C(C=O)=C(\C)c1ccc2oc3ccccc3c2c1)c1ccccc1. The fourth-order valence-electron chi connectivity index (χ4n) is 3.47. The molecular formula is C24H20N2O2S. The van der Waals surface area contributed by atoms with E-state index in [0.717, 1.165) is 45.0 Å². The van der Waals surface area contributed by atoms with Gasteiger partial charge >= 0.3 is 0 Å². The largest absolute Gasteiger partial charge is 0.456 e. The minimum atomic E-state index is 0.451. The molecule has 1 aromatic heterocycles. The third-order valence-electron chi connectivity index (χ3n) is 4.98. The summed E-state index contributed by atoms with van der Waals surface area (Å²) in [6, 6.07) is 23.5. The van der Waals surface area contributed by atoms with Crippen molar-refractivity contribution in [3.8, 4) is 0 Å². The maximum absolute atomic E-state index is 12.2. The van der Waals surface area contributed by atoms with E-state index in [1.165, 1.54) is 0 Å². The van der Waals surface area contributed by atoms with E-state index >= 15 is 0 Å². The van der Waals surface area contributed by atoms with Crippen LogP contribution in [0.25, 0.3) is 27.5 Å². The van der Waals surface area contributed by atoms with Crippen LogP contribution in [0.5, 0.6) is 0 Å². The first-order valence-corrected chi connectivity index (χ1v) is 9.69. The van der Waals surface area contributed by atoms with Crippen LogP contribution >= 0.6 is 12.2 Å². The molecule has 3 aromatic carbocycles. The number of rotatable bonds is 4. The lowest BCUT2D eigenvalue weighted by atomic mass is 10.0. The Morgan fingerprint density at radius 2 is 1.66 bits per heavy atom. The molecule has 1 N–H and O–H groups in total. The molecule has 0 aliphatic rings. The van der Waals surface area contributed by atoms with Crippen LogP contribution in [0.4, 0.5) is 5.69 Å². The van der Waals surface area contributed by atoms with Gasteiger partial charge in [-0.3, -0.25) is 9.69 Å². The summed E-state index contributed by atoms with van der Waals surface area (Å²) in [5.74, 6) is 0. The van der Waals surface area contributed by atoms with Gasteiger partial charge in [-0.1, -0.05) is 42.5 Å². The number of hydrogen-bond donors (Lipinski definition) is 1. The minimum absolute atomic E-state index is 0.451. The number of thiocarbonyl (C=S) groups is 1. The zero-order valence-electron chi connectivity index (χ0n) is 16.2. The molecule has 0 saturated heterocycles. The highest BCUT2D eigenvalue weighted by atomic mass is 32.1. The van der Waals surface area contributed by atoms with Crippen molar-refractivity contribution in [1.29, 1.82) is 0 Å². The van der Waals surface area contributed by atoms with E-state index in [1.807, 2.05) is 73.7 Å². The summed E-state index contributed by atoms with van der Waals surface area (Å²) in [4.78, 5) is 13.9. The first kappa shape index (κ1) is 18.9. The van der Waals surface area contributed by atoms with Gasteiger partial charge in [-0.2, -0.15) is 0 Å². The van der Waals surface area contributed by atoms with Crippen LogP contribution in [0.15, 0.2) is 82.9 Å². The Kier molecular flexibility index (Phi) is 5.14. The highest BCUT2D eigenvalue weighted by Crippen LogP contribution is 2.32. The number of benzene rings is 3. The lowest BCUT2D eigenvalue weighted by molar-refractivity contribution is -0.104. The summed E-state index contributed by atoms with van der Waals surface area (Å²) in [7, 11) is 1.75. The van der Waals surface area contributed by atoms with Crippen molar-refractivity contribution in [1.82, 2.24) is 5.32 Å². The summed E-state index contributed by atoms with van der Waals surface area (Å²) < 4.78 is 5.92. The molecule has 4 aromatic rings. The number of hydrogen-bond acceptors (Lipinski definition) is 3. The summed E-state index contributed by atoms with van der Waals surface area (Å²) in [5.41, 5.74) is 4.74. The Hall–Kier alpha value is -3.44. The zero-order chi connectivity index (χ0) is 20.4. The van der Waals surface area contributed by atoms with Gasteiger partial charge in [0.05, 0.1) is 5.70 Å². The maximum Gasteiger partial charge on any atom is 0.177 e. The van der Waals surface area contributed by atoms with Gasteiger partial charge in [-0.05, 0) is 60.6 Å². The molecule has 4 nitrogen and oxygen atoms in total. The number of nitrogens with one attached hydrogen (secondary N) is 1. The maximum atomic E-state index is 12.2. The smallest absolute Gasteiger partial charge is 0.177 e. The van der Waals surface area contributed by atoms with Crippen molar-refractivity contribution in [3.63, 3.8) is 0 Å². The van der Waals surface area contributed by atoms with Crippen LogP contribution in [-0.4, -0.2) is 18.4 Å². The molecule has 0 saturated carbocycles. The Labute approximate surface area is 174 Å². The number of carbonyl (C=O) groups is 1. The number of fused-ring (bicyclic) bond motifs is 3. The van der Waals surface area contributed by atoms with Crippen LogP contribution < -0.4 is 10.2 Å². The van der Waals surface area contributed by atoms with Gasteiger partial charge in [0.15, 0.2) is 11.4 Å². The summed E-state index contributed by atoms with van der Waals surface area (Å²) in [5, 5.41) is 5.51. The number of anilines is 1. The number of allylic oxidation sites excluding steroid dienone is 2. The van der Waals surface area contributed by atoms with E-state index < -0.39 is 0 Å². The molecule has 1 heterocycles. The van der Waals surface area contributed by atoms with E-state index in [-0.39, 0.29) is 0 Å². The summed E-state index contributed by atoms with van der Waals surface area (Å²) in [6.07, 6.45) is 0.851. The fraction of sp³-hybridized carbons (Fsp3) is 0.0833. The molecule has 4 rings (SSSR count). The third kappa shape index (κ3) is 3.41. The van der Waals surface area contributed by atoms with Gasteiger partial charge in [0.25, 0.3) is 0 Å². The van der Waals surface area contributed by atoms with Crippen molar-refractivity contribution in [2.24, 2.45) is 0 Å². The average Bonchev–Trinajstić information content (AvgIpc) is 3.15. The van der Waals surface area contributed by atoms with Crippen molar-refractivity contribution in [2.45, 2.75) is 6.92 Å². The van der Waals surface area contributed by atoms with E-state index in [1.54, 1.807) is 11.9 Å². The van der Waals surface area contributed by atoms with Crippen LogP contribution in [0.2, 0.25) is 0 Å². The highest BCUT2D eigenvalue weighted by molar-refractivity contribution is 7.80.